The van der Waals surface area contributed by atoms with Crippen LogP contribution >= 0.6 is 11.8 Å². The van der Waals surface area contributed by atoms with Gasteiger partial charge in [-0.25, -0.2) is 0 Å². The summed E-state index contributed by atoms with van der Waals surface area (Å²) in [6, 6.07) is 14.7. The molecule has 1 aliphatic rings. The van der Waals surface area contributed by atoms with Crippen LogP contribution in [0.15, 0.2) is 53.1 Å². The number of hydrogen-bond acceptors (Lipinski definition) is 3. The summed E-state index contributed by atoms with van der Waals surface area (Å²) in [6.07, 6.45) is 6.59. The lowest BCUT2D eigenvalue weighted by Crippen LogP contribution is -2.30. The van der Waals surface area contributed by atoms with Gasteiger partial charge in [0.1, 0.15) is 5.76 Å². The molecule has 2 aromatic rings. The molecule has 1 heterocycles. The van der Waals surface area contributed by atoms with Crippen LogP contribution in [0, 0.1) is 0 Å². The van der Waals surface area contributed by atoms with Crippen LogP contribution in [0.1, 0.15) is 30.2 Å². The van der Waals surface area contributed by atoms with E-state index in [1.54, 1.807) is 6.26 Å². The van der Waals surface area contributed by atoms with Crippen molar-refractivity contribution in [1.82, 2.24) is 5.32 Å². The molecule has 1 fully saturated rings. The Balaban J connectivity index is 1.77. The van der Waals surface area contributed by atoms with Crippen molar-refractivity contribution < 1.29 is 4.42 Å². The van der Waals surface area contributed by atoms with Gasteiger partial charge in [-0.1, -0.05) is 30.3 Å². The van der Waals surface area contributed by atoms with Gasteiger partial charge in [-0.2, -0.15) is 11.8 Å². The van der Waals surface area contributed by atoms with Gasteiger partial charge in [-0.3, -0.25) is 0 Å². The van der Waals surface area contributed by atoms with Gasteiger partial charge in [0, 0.05) is 11.3 Å². The van der Waals surface area contributed by atoms with Crippen molar-refractivity contribution in [2.24, 2.45) is 0 Å². The highest BCUT2D eigenvalue weighted by atomic mass is 32.2. The van der Waals surface area contributed by atoms with Gasteiger partial charge < -0.3 is 9.73 Å². The molecule has 1 unspecified atom stereocenters. The fourth-order valence-corrected chi connectivity index (χ4v) is 3.10. The van der Waals surface area contributed by atoms with Gasteiger partial charge in [-0.15, -0.1) is 0 Å². The van der Waals surface area contributed by atoms with Crippen LogP contribution in [0.25, 0.3) is 0 Å². The van der Waals surface area contributed by atoms with Gasteiger partial charge in [0.05, 0.1) is 12.3 Å². The number of thioether (sulfide) groups is 1. The van der Waals surface area contributed by atoms with Crippen LogP contribution in [0.3, 0.4) is 0 Å². The second-order valence-corrected chi connectivity index (χ2v) is 6.40. The largest absolute Gasteiger partial charge is 0.467 e. The van der Waals surface area contributed by atoms with E-state index >= 15 is 0 Å². The summed E-state index contributed by atoms with van der Waals surface area (Å²) in [6.45, 7) is 1.04. The van der Waals surface area contributed by atoms with Crippen molar-refractivity contribution in [3.63, 3.8) is 0 Å². The molecular formula is C16H19NOS. The van der Waals surface area contributed by atoms with Crippen molar-refractivity contribution in [1.29, 1.82) is 0 Å². The fourth-order valence-electron chi connectivity index (χ4n) is 2.36. The molecular weight excluding hydrogens is 254 g/mol. The Morgan fingerprint density at radius 3 is 2.58 bits per heavy atom. The molecule has 0 amide bonds. The number of rotatable bonds is 6. The van der Waals surface area contributed by atoms with E-state index in [0.29, 0.717) is 4.75 Å². The first kappa shape index (κ1) is 12.8. The molecule has 3 rings (SSSR count). The van der Waals surface area contributed by atoms with Crippen molar-refractivity contribution in [2.75, 3.05) is 12.8 Å². The molecule has 0 spiro atoms. The maximum atomic E-state index is 5.60. The van der Waals surface area contributed by atoms with E-state index < -0.39 is 0 Å². The summed E-state index contributed by atoms with van der Waals surface area (Å²) in [5, 5.41) is 3.68. The van der Waals surface area contributed by atoms with E-state index in [0.717, 1.165) is 12.3 Å². The van der Waals surface area contributed by atoms with E-state index in [4.69, 9.17) is 4.42 Å². The lowest BCUT2D eigenvalue weighted by Gasteiger charge is -2.20. The summed E-state index contributed by atoms with van der Waals surface area (Å²) < 4.78 is 6.06. The minimum absolute atomic E-state index is 0.154. The number of nitrogens with one attached hydrogen (secondary N) is 1. The van der Waals surface area contributed by atoms with Crippen LogP contribution in [0.4, 0.5) is 0 Å². The monoisotopic (exact) mass is 273 g/mol. The lowest BCUT2D eigenvalue weighted by atomic mass is 10.0. The first-order valence-corrected chi connectivity index (χ1v) is 7.92. The number of furan rings is 1. The van der Waals surface area contributed by atoms with Crippen molar-refractivity contribution >= 4 is 11.8 Å². The Labute approximate surface area is 118 Å². The van der Waals surface area contributed by atoms with Gasteiger partial charge in [0.15, 0.2) is 0 Å². The molecule has 3 heteroatoms. The molecule has 0 bridgehead atoms. The molecule has 1 aromatic carbocycles. The summed E-state index contributed by atoms with van der Waals surface area (Å²) in [5.74, 6) is 0.989. The molecule has 2 nitrogen and oxygen atoms in total. The Hall–Kier alpha value is -1.19. The quantitative estimate of drug-likeness (QED) is 0.865. The van der Waals surface area contributed by atoms with Gasteiger partial charge in [0.2, 0.25) is 0 Å². The van der Waals surface area contributed by atoms with Gasteiger partial charge >= 0.3 is 0 Å². The maximum absolute atomic E-state index is 5.60. The highest BCUT2D eigenvalue weighted by Crippen LogP contribution is 2.46. The zero-order valence-electron chi connectivity index (χ0n) is 11.1. The van der Waals surface area contributed by atoms with Gasteiger partial charge in [0.25, 0.3) is 0 Å². The van der Waals surface area contributed by atoms with Crippen molar-refractivity contribution in [3.8, 4) is 0 Å². The Kier molecular flexibility index (Phi) is 3.67. The normalized spacial score (nSPS) is 18.2. The summed E-state index contributed by atoms with van der Waals surface area (Å²) in [4.78, 5) is 0. The Bertz CT molecular complexity index is 505. The molecule has 0 radical (unpaired) electrons. The van der Waals surface area contributed by atoms with Crippen molar-refractivity contribution in [2.45, 2.75) is 23.6 Å². The van der Waals surface area contributed by atoms with Gasteiger partial charge in [-0.05, 0) is 36.8 Å². The molecule has 1 N–H and O–H groups in total. The van der Waals surface area contributed by atoms with E-state index in [9.17, 15) is 0 Å². The number of benzene rings is 1. The minimum atomic E-state index is 0.154. The maximum Gasteiger partial charge on any atom is 0.125 e. The van der Waals surface area contributed by atoms with Crippen LogP contribution in [0.2, 0.25) is 0 Å². The summed E-state index contributed by atoms with van der Waals surface area (Å²) in [7, 11) is 0. The van der Waals surface area contributed by atoms with Crippen molar-refractivity contribution in [3.05, 3.63) is 60.1 Å². The number of hydrogen-bond donors (Lipinski definition) is 1. The highest BCUT2D eigenvalue weighted by Gasteiger charge is 2.42. The second-order valence-electron chi connectivity index (χ2n) is 5.13. The average molecular weight is 273 g/mol. The molecule has 1 saturated carbocycles. The Morgan fingerprint density at radius 1 is 1.21 bits per heavy atom. The first-order chi connectivity index (χ1) is 9.33. The van der Waals surface area contributed by atoms with E-state index in [1.807, 2.05) is 30.0 Å². The molecule has 1 aliphatic carbocycles. The smallest absolute Gasteiger partial charge is 0.125 e. The first-order valence-electron chi connectivity index (χ1n) is 6.70. The van der Waals surface area contributed by atoms with E-state index in [2.05, 4.69) is 35.8 Å². The molecule has 1 aromatic heterocycles. The summed E-state index contributed by atoms with van der Waals surface area (Å²) in [5.41, 5.74) is 1.26. The zero-order chi connectivity index (χ0) is 13.1. The van der Waals surface area contributed by atoms with E-state index in [-0.39, 0.29) is 6.04 Å². The highest BCUT2D eigenvalue weighted by molar-refractivity contribution is 8.00. The third kappa shape index (κ3) is 2.88. The molecule has 0 aliphatic heterocycles. The van der Waals surface area contributed by atoms with Crippen LogP contribution in [-0.4, -0.2) is 17.5 Å². The molecule has 19 heavy (non-hydrogen) atoms. The third-order valence-electron chi connectivity index (χ3n) is 3.83. The van der Waals surface area contributed by atoms with Crippen LogP contribution in [-0.2, 0) is 0 Å². The zero-order valence-corrected chi connectivity index (χ0v) is 12.0. The predicted molar refractivity (Wildman–Crippen MR) is 80.5 cm³/mol. The fraction of sp³-hybridized carbons (Fsp3) is 0.375. The standard InChI is InChI=1S/C16H19NOS/c1-19-16(9-10-16)12-17-15(14-8-5-11-18-14)13-6-3-2-4-7-13/h2-8,11,15,17H,9-10,12H2,1H3. The average Bonchev–Trinajstić information content (AvgIpc) is 3.05. The van der Waals surface area contributed by atoms with Crippen LogP contribution < -0.4 is 5.32 Å². The minimum Gasteiger partial charge on any atom is -0.467 e. The Morgan fingerprint density at radius 2 is 2.00 bits per heavy atom. The third-order valence-corrected chi connectivity index (χ3v) is 5.25. The molecule has 0 saturated heterocycles. The summed E-state index contributed by atoms with van der Waals surface area (Å²) >= 11 is 1.98. The predicted octanol–water partition coefficient (Wildman–Crippen LogP) is 3.85. The van der Waals surface area contributed by atoms with Crippen LogP contribution in [0.5, 0.6) is 0 Å². The SMILES string of the molecule is CSC1(CNC(c2ccccc2)c2ccco2)CC1. The van der Waals surface area contributed by atoms with E-state index in [1.165, 1.54) is 18.4 Å². The molecule has 100 valence electrons. The topological polar surface area (TPSA) is 25.2 Å². The lowest BCUT2D eigenvalue weighted by molar-refractivity contribution is 0.445. The second kappa shape index (κ2) is 5.43. The molecule has 1 atom stereocenters.